The maximum atomic E-state index is 12.2. The van der Waals surface area contributed by atoms with Gasteiger partial charge in [0.2, 0.25) is 0 Å². The van der Waals surface area contributed by atoms with E-state index in [1.165, 1.54) is 0 Å². The van der Waals surface area contributed by atoms with E-state index in [4.69, 9.17) is 10.5 Å². The maximum Gasteiger partial charge on any atom is 0.413 e. The summed E-state index contributed by atoms with van der Waals surface area (Å²) in [6.07, 6.45) is -0.626. The zero-order valence-electron chi connectivity index (χ0n) is 14.5. The lowest BCUT2D eigenvalue weighted by atomic mass is 10.2. The molecule has 132 valence electrons. The molecule has 2 amide bonds. The lowest BCUT2D eigenvalue weighted by Gasteiger charge is -2.19. The first kappa shape index (κ1) is 18.3. The topological polar surface area (TPSA) is 106 Å². The lowest BCUT2D eigenvalue weighted by molar-refractivity contribution is 0.0634. The fourth-order valence-corrected chi connectivity index (χ4v) is 1.95. The molecular formula is C18H22N4O3. The minimum atomic E-state index is -0.626. The second kappa shape index (κ2) is 7.65. The molecule has 1 aromatic carbocycles. The molecule has 0 fully saturated rings. The van der Waals surface area contributed by atoms with Crippen LogP contribution in [0.25, 0.3) is 0 Å². The van der Waals surface area contributed by atoms with Crippen LogP contribution in [-0.2, 0) is 11.3 Å². The van der Waals surface area contributed by atoms with Crippen LogP contribution in [0.15, 0.2) is 42.5 Å². The normalized spacial score (nSPS) is 10.8. The molecular weight excluding hydrogens is 320 g/mol. The fraction of sp³-hybridized carbons (Fsp3) is 0.278. The van der Waals surface area contributed by atoms with Crippen LogP contribution in [-0.4, -0.2) is 22.6 Å². The number of pyridine rings is 1. The van der Waals surface area contributed by atoms with Crippen molar-refractivity contribution >= 4 is 23.5 Å². The number of hydrogen-bond donors (Lipinski definition) is 3. The van der Waals surface area contributed by atoms with Crippen LogP contribution in [0, 0.1) is 0 Å². The van der Waals surface area contributed by atoms with Crippen molar-refractivity contribution in [3.63, 3.8) is 0 Å². The SMILES string of the molecule is CC(C)(C)OC(=O)Nc1cccc(C(=O)NCc2ccc(N)cc2)n1. The summed E-state index contributed by atoms with van der Waals surface area (Å²) in [4.78, 5) is 28.1. The molecule has 0 atom stereocenters. The molecule has 0 saturated heterocycles. The Morgan fingerprint density at radius 3 is 2.44 bits per heavy atom. The van der Waals surface area contributed by atoms with Gasteiger partial charge in [-0.1, -0.05) is 18.2 Å². The highest BCUT2D eigenvalue weighted by molar-refractivity contribution is 5.93. The number of rotatable bonds is 4. The van der Waals surface area contributed by atoms with Crippen molar-refractivity contribution in [3.8, 4) is 0 Å². The Hall–Kier alpha value is -3.09. The molecule has 1 aromatic heterocycles. The number of hydrogen-bond acceptors (Lipinski definition) is 5. The molecule has 0 bridgehead atoms. The summed E-state index contributed by atoms with van der Waals surface area (Å²) in [7, 11) is 0. The first-order valence-corrected chi connectivity index (χ1v) is 7.82. The Kier molecular flexibility index (Phi) is 5.59. The van der Waals surface area contributed by atoms with Crippen LogP contribution in [0.1, 0.15) is 36.8 Å². The van der Waals surface area contributed by atoms with Crippen LogP contribution in [0.5, 0.6) is 0 Å². The molecule has 0 aliphatic carbocycles. The number of nitrogen functional groups attached to an aromatic ring is 1. The van der Waals surface area contributed by atoms with Gasteiger partial charge in [0.05, 0.1) is 0 Å². The average Bonchev–Trinajstić information content (AvgIpc) is 2.52. The zero-order chi connectivity index (χ0) is 18.4. The minimum Gasteiger partial charge on any atom is -0.444 e. The summed E-state index contributed by atoms with van der Waals surface area (Å²) in [6, 6.07) is 12.0. The third kappa shape index (κ3) is 6.14. The second-order valence-electron chi connectivity index (χ2n) is 6.46. The predicted octanol–water partition coefficient (Wildman–Crippen LogP) is 2.94. The van der Waals surface area contributed by atoms with Gasteiger partial charge in [0.1, 0.15) is 17.1 Å². The predicted molar refractivity (Wildman–Crippen MR) is 96.1 cm³/mol. The number of carbonyl (C=O) groups is 2. The molecule has 7 nitrogen and oxygen atoms in total. The number of nitrogens with zero attached hydrogens (tertiary/aromatic N) is 1. The van der Waals surface area contributed by atoms with E-state index in [9.17, 15) is 9.59 Å². The molecule has 1 heterocycles. The van der Waals surface area contributed by atoms with E-state index >= 15 is 0 Å². The first-order chi connectivity index (χ1) is 11.7. The van der Waals surface area contributed by atoms with Crippen molar-refractivity contribution in [1.82, 2.24) is 10.3 Å². The van der Waals surface area contributed by atoms with E-state index < -0.39 is 11.7 Å². The van der Waals surface area contributed by atoms with Crippen LogP contribution in [0.2, 0.25) is 0 Å². The number of aromatic nitrogens is 1. The summed E-state index contributed by atoms with van der Waals surface area (Å²) < 4.78 is 5.16. The van der Waals surface area contributed by atoms with Crippen molar-refractivity contribution in [3.05, 3.63) is 53.7 Å². The number of nitrogens with one attached hydrogen (secondary N) is 2. The lowest BCUT2D eigenvalue weighted by Crippen LogP contribution is -2.28. The van der Waals surface area contributed by atoms with E-state index in [2.05, 4.69) is 15.6 Å². The Labute approximate surface area is 146 Å². The highest BCUT2D eigenvalue weighted by Gasteiger charge is 2.17. The van der Waals surface area contributed by atoms with E-state index in [-0.39, 0.29) is 17.4 Å². The number of benzene rings is 1. The van der Waals surface area contributed by atoms with Gasteiger partial charge in [0, 0.05) is 12.2 Å². The molecule has 25 heavy (non-hydrogen) atoms. The van der Waals surface area contributed by atoms with Gasteiger partial charge < -0.3 is 15.8 Å². The summed E-state index contributed by atoms with van der Waals surface area (Å²) in [5.41, 5.74) is 6.80. The third-order valence-electron chi connectivity index (χ3n) is 3.04. The highest BCUT2D eigenvalue weighted by Crippen LogP contribution is 2.11. The highest BCUT2D eigenvalue weighted by atomic mass is 16.6. The van der Waals surface area contributed by atoms with Crippen molar-refractivity contribution in [2.75, 3.05) is 11.1 Å². The van der Waals surface area contributed by atoms with Gasteiger partial charge >= 0.3 is 6.09 Å². The molecule has 0 saturated carbocycles. The Balaban J connectivity index is 1.96. The number of anilines is 2. The molecule has 2 aromatic rings. The largest absolute Gasteiger partial charge is 0.444 e. The van der Waals surface area contributed by atoms with E-state index in [0.29, 0.717) is 12.2 Å². The van der Waals surface area contributed by atoms with Crippen LogP contribution in [0.3, 0.4) is 0 Å². The Bertz CT molecular complexity index is 752. The van der Waals surface area contributed by atoms with Gasteiger partial charge in [-0.2, -0.15) is 0 Å². The van der Waals surface area contributed by atoms with Gasteiger partial charge in [-0.05, 0) is 50.6 Å². The van der Waals surface area contributed by atoms with Gasteiger partial charge in [-0.3, -0.25) is 10.1 Å². The van der Waals surface area contributed by atoms with Gasteiger partial charge in [0.15, 0.2) is 0 Å². The van der Waals surface area contributed by atoms with Crippen LogP contribution < -0.4 is 16.4 Å². The Morgan fingerprint density at radius 2 is 1.80 bits per heavy atom. The number of nitrogens with two attached hydrogens (primary N) is 1. The first-order valence-electron chi connectivity index (χ1n) is 7.82. The molecule has 4 N–H and O–H groups in total. The summed E-state index contributed by atoms with van der Waals surface area (Å²) in [6.45, 7) is 5.65. The second-order valence-corrected chi connectivity index (χ2v) is 6.46. The summed E-state index contributed by atoms with van der Waals surface area (Å²) in [5.74, 6) is -0.0981. The number of carbonyl (C=O) groups excluding carboxylic acids is 2. The minimum absolute atomic E-state index is 0.198. The number of ether oxygens (including phenoxy) is 1. The molecule has 0 aliphatic heterocycles. The van der Waals surface area contributed by atoms with E-state index in [1.807, 2.05) is 12.1 Å². The average molecular weight is 342 g/mol. The molecule has 2 rings (SSSR count). The third-order valence-corrected chi connectivity index (χ3v) is 3.04. The monoisotopic (exact) mass is 342 g/mol. The molecule has 7 heteroatoms. The van der Waals surface area contributed by atoms with Gasteiger partial charge in [0.25, 0.3) is 5.91 Å². The van der Waals surface area contributed by atoms with E-state index in [1.54, 1.807) is 51.1 Å². The summed E-state index contributed by atoms with van der Waals surface area (Å²) >= 11 is 0. The molecule has 0 unspecified atom stereocenters. The molecule has 0 aliphatic rings. The maximum absolute atomic E-state index is 12.2. The van der Waals surface area contributed by atoms with Crippen molar-refractivity contribution in [2.45, 2.75) is 32.9 Å². The van der Waals surface area contributed by atoms with Crippen molar-refractivity contribution in [2.24, 2.45) is 0 Å². The van der Waals surface area contributed by atoms with Crippen LogP contribution >= 0.6 is 0 Å². The summed E-state index contributed by atoms with van der Waals surface area (Å²) in [5, 5.41) is 5.27. The zero-order valence-corrected chi connectivity index (χ0v) is 14.5. The van der Waals surface area contributed by atoms with E-state index in [0.717, 1.165) is 5.56 Å². The van der Waals surface area contributed by atoms with Crippen molar-refractivity contribution < 1.29 is 14.3 Å². The Morgan fingerprint density at radius 1 is 1.12 bits per heavy atom. The van der Waals surface area contributed by atoms with Gasteiger partial charge in [-0.15, -0.1) is 0 Å². The quantitative estimate of drug-likeness (QED) is 0.741. The van der Waals surface area contributed by atoms with Crippen molar-refractivity contribution in [1.29, 1.82) is 0 Å². The number of amides is 2. The van der Waals surface area contributed by atoms with Crippen LogP contribution in [0.4, 0.5) is 16.3 Å². The standard InChI is InChI=1S/C18H22N4O3/c1-18(2,3)25-17(24)22-15-6-4-5-14(21-15)16(23)20-11-12-7-9-13(19)10-8-12/h4-10H,11,19H2,1-3H3,(H,20,23)(H,21,22,24). The molecule has 0 radical (unpaired) electrons. The van der Waals surface area contributed by atoms with Gasteiger partial charge in [-0.25, -0.2) is 9.78 Å². The fourth-order valence-electron chi connectivity index (χ4n) is 1.95. The smallest absolute Gasteiger partial charge is 0.413 e. The molecule has 0 spiro atoms.